The van der Waals surface area contributed by atoms with Gasteiger partial charge in [-0.2, -0.15) is 0 Å². The number of pyridine rings is 1. The van der Waals surface area contributed by atoms with Gasteiger partial charge in [-0.1, -0.05) is 12.2 Å². The van der Waals surface area contributed by atoms with Crippen molar-refractivity contribution in [2.45, 2.75) is 13.8 Å². The van der Waals surface area contributed by atoms with Gasteiger partial charge in [0.1, 0.15) is 17.4 Å². The highest BCUT2D eigenvalue weighted by atomic mass is 32.1. The van der Waals surface area contributed by atoms with Crippen LogP contribution in [0.15, 0.2) is 12.1 Å². The summed E-state index contributed by atoms with van der Waals surface area (Å²) >= 11 is 5.05. The number of anilines is 1. The van der Waals surface area contributed by atoms with Gasteiger partial charge in [0, 0.05) is 19.3 Å². The van der Waals surface area contributed by atoms with Gasteiger partial charge in [-0.05, 0) is 26.0 Å². The SMILES string of the molecule is CCOC(=O)CN(CCOC)c1nc(C)ccc1C(N)=S. The highest BCUT2D eigenvalue weighted by Crippen LogP contribution is 2.18. The number of aryl methyl sites for hydroxylation is 1. The average molecular weight is 311 g/mol. The Kier molecular flexibility index (Phi) is 7.04. The number of nitrogens with zero attached hydrogens (tertiary/aromatic N) is 2. The molecular weight excluding hydrogens is 290 g/mol. The number of esters is 1. The highest BCUT2D eigenvalue weighted by molar-refractivity contribution is 7.80. The number of carbonyl (C=O) groups is 1. The molecule has 0 unspecified atom stereocenters. The van der Waals surface area contributed by atoms with Gasteiger partial charge in [0.25, 0.3) is 0 Å². The van der Waals surface area contributed by atoms with E-state index in [1.807, 2.05) is 19.1 Å². The number of ether oxygens (including phenoxy) is 2. The van der Waals surface area contributed by atoms with Crippen molar-refractivity contribution in [2.24, 2.45) is 5.73 Å². The summed E-state index contributed by atoms with van der Waals surface area (Å²) in [6.07, 6.45) is 0. The third-order valence-electron chi connectivity index (χ3n) is 2.77. The molecule has 1 aromatic heterocycles. The summed E-state index contributed by atoms with van der Waals surface area (Å²) in [6.45, 7) is 4.98. The summed E-state index contributed by atoms with van der Waals surface area (Å²) in [5.41, 5.74) is 7.19. The normalized spacial score (nSPS) is 10.2. The van der Waals surface area contributed by atoms with Crippen molar-refractivity contribution in [1.82, 2.24) is 4.98 Å². The molecule has 6 nitrogen and oxygen atoms in total. The maximum atomic E-state index is 11.8. The van der Waals surface area contributed by atoms with Gasteiger partial charge in [-0.25, -0.2) is 4.98 Å². The zero-order valence-electron chi connectivity index (χ0n) is 12.6. The Morgan fingerprint density at radius 1 is 1.48 bits per heavy atom. The van der Waals surface area contributed by atoms with Gasteiger partial charge in [0.05, 0.1) is 18.8 Å². The molecule has 0 aliphatic carbocycles. The van der Waals surface area contributed by atoms with Crippen LogP contribution in [0.2, 0.25) is 0 Å². The fourth-order valence-corrected chi connectivity index (χ4v) is 1.96. The minimum Gasteiger partial charge on any atom is -0.465 e. The van der Waals surface area contributed by atoms with E-state index in [4.69, 9.17) is 27.4 Å². The van der Waals surface area contributed by atoms with Crippen molar-refractivity contribution in [3.8, 4) is 0 Å². The zero-order chi connectivity index (χ0) is 15.8. The van der Waals surface area contributed by atoms with E-state index in [0.29, 0.717) is 31.1 Å². The van der Waals surface area contributed by atoms with Gasteiger partial charge in [-0.15, -0.1) is 0 Å². The Labute approximate surface area is 130 Å². The second-order valence-electron chi connectivity index (χ2n) is 4.41. The van der Waals surface area contributed by atoms with Crippen LogP contribution in [0.1, 0.15) is 18.2 Å². The molecule has 0 aliphatic rings. The van der Waals surface area contributed by atoms with Crippen molar-refractivity contribution in [3.05, 3.63) is 23.4 Å². The quantitative estimate of drug-likeness (QED) is 0.567. The fraction of sp³-hybridized carbons (Fsp3) is 0.500. The first-order valence-electron chi connectivity index (χ1n) is 6.66. The van der Waals surface area contributed by atoms with Crippen molar-refractivity contribution < 1.29 is 14.3 Å². The molecule has 0 atom stereocenters. The summed E-state index contributed by atoms with van der Waals surface area (Å²) in [7, 11) is 1.60. The molecular formula is C14H21N3O3S. The van der Waals surface area contributed by atoms with Crippen LogP contribution in [-0.4, -0.2) is 49.4 Å². The minimum absolute atomic E-state index is 0.0727. The summed E-state index contributed by atoms with van der Waals surface area (Å²) in [5.74, 6) is 0.249. The van der Waals surface area contributed by atoms with Crippen LogP contribution in [0, 0.1) is 6.92 Å². The van der Waals surface area contributed by atoms with Crippen molar-refractivity contribution in [3.63, 3.8) is 0 Å². The third kappa shape index (κ3) is 5.28. The number of methoxy groups -OCH3 is 1. The van der Waals surface area contributed by atoms with Crippen LogP contribution in [0.5, 0.6) is 0 Å². The lowest BCUT2D eigenvalue weighted by Crippen LogP contribution is -2.36. The largest absolute Gasteiger partial charge is 0.465 e. The second kappa shape index (κ2) is 8.53. The minimum atomic E-state index is -0.328. The van der Waals surface area contributed by atoms with Crippen LogP contribution in [-0.2, 0) is 14.3 Å². The number of thiocarbonyl (C=S) groups is 1. The Balaban J connectivity index is 3.09. The molecule has 0 saturated carbocycles. The van der Waals surface area contributed by atoms with E-state index in [0.717, 1.165) is 5.69 Å². The predicted molar refractivity (Wildman–Crippen MR) is 85.6 cm³/mol. The highest BCUT2D eigenvalue weighted by Gasteiger charge is 2.18. The van der Waals surface area contributed by atoms with Crippen LogP contribution >= 0.6 is 12.2 Å². The van der Waals surface area contributed by atoms with Crippen LogP contribution in [0.3, 0.4) is 0 Å². The van der Waals surface area contributed by atoms with Crippen LogP contribution < -0.4 is 10.6 Å². The molecule has 0 bridgehead atoms. The summed E-state index contributed by atoms with van der Waals surface area (Å²) in [6, 6.07) is 3.64. The van der Waals surface area contributed by atoms with Crippen molar-refractivity contribution in [2.75, 3.05) is 38.3 Å². The molecule has 1 aromatic rings. The van der Waals surface area contributed by atoms with E-state index in [1.165, 1.54) is 0 Å². The van der Waals surface area contributed by atoms with E-state index in [1.54, 1.807) is 18.9 Å². The molecule has 0 saturated heterocycles. The number of carbonyl (C=O) groups excluding carboxylic acids is 1. The fourth-order valence-electron chi connectivity index (χ4n) is 1.80. The summed E-state index contributed by atoms with van der Waals surface area (Å²) in [5, 5.41) is 0. The van der Waals surface area contributed by atoms with E-state index in [-0.39, 0.29) is 17.5 Å². The standard InChI is InChI=1S/C14H21N3O3S/c1-4-20-12(18)9-17(7-8-19-3)14-11(13(15)21)6-5-10(2)16-14/h5-6H,4,7-9H2,1-3H3,(H2,15,21). The first-order chi connectivity index (χ1) is 9.99. The Hall–Kier alpha value is -1.73. The van der Waals surface area contributed by atoms with Crippen molar-refractivity contribution >= 4 is 29.0 Å². The summed E-state index contributed by atoms with van der Waals surface area (Å²) < 4.78 is 10.1. The molecule has 2 N–H and O–H groups in total. The van der Waals surface area contributed by atoms with Gasteiger partial charge in [0.15, 0.2) is 0 Å². The molecule has 21 heavy (non-hydrogen) atoms. The van der Waals surface area contributed by atoms with E-state index in [2.05, 4.69) is 4.98 Å². The average Bonchev–Trinajstić information content (AvgIpc) is 2.43. The Morgan fingerprint density at radius 2 is 2.19 bits per heavy atom. The van der Waals surface area contributed by atoms with Gasteiger partial charge in [-0.3, -0.25) is 4.79 Å². The van der Waals surface area contributed by atoms with Crippen molar-refractivity contribution in [1.29, 1.82) is 0 Å². The molecule has 0 amide bonds. The molecule has 0 spiro atoms. The number of rotatable bonds is 8. The predicted octanol–water partition coefficient (Wildman–Crippen LogP) is 1.04. The van der Waals surface area contributed by atoms with E-state index in [9.17, 15) is 4.79 Å². The van der Waals surface area contributed by atoms with Gasteiger partial charge >= 0.3 is 5.97 Å². The molecule has 0 aromatic carbocycles. The first kappa shape index (κ1) is 17.3. The third-order valence-corrected chi connectivity index (χ3v) is 2.99. The molecule has 7 heteroatoms. The maximum Gasteiger partial charge on any atom is 0.325 e. The number of hydrogen-bond acceptors (Lipinski definition) is 6. The smallest absolute Gasteiger partial charge is 0.325 e. The zero-order valence-corrected chi connectivity index (χ0v) is 13.4. The Bertz CT molecular complexity index is 508. The number of aromatic nitrogens is 1. The monoisotopic (exact) mass is 311 g/mol. The number of nitrogens with two attached hydrogens (primary N) is 1. The van der Waals surface area contributed by atoms with E-state index >= 15 is 0 Å². The van der Waals surface area contributed by atoms with Gasteiger partial charge < -0.3 is 20.1 Å². The lowest BCUT2D eigenvalue weighted by atomic mass is 10.2. The molecule has 0 aliphatic heterocycles. The molecule has 1 rings (SSSR count). The lowest BCUT2D eigenvalue weighted by molar-refractivity contribution is -0.141. The molecule has 0 fully saturated rings. The van der Waals surface area contributed by atoms with E-state index < -0.39 is 0 Å². The van der Waals surface area contributed by atoms with Crippen LogP contribution in [0.25, 0.3) is 0 Å². The van der Waals surface area contributed by atoms with Crippen LogP contribution in [0.4, 0.5) is 5.82 Å². The van der Waals surface area contributed by atoms with Gasteiger partial charge in [0.2, 0.25) is 0 Å². The maximum absolute atomic E-state index is 11.8. The Morgan fingerprint density at radius 3 is 2.76 bits per heavy atom. The topological polar surface area (TPSA) is 77.7 Å². The molecule has 0 radical (unpaired) electrons. The molecule has 116 valence electrons. The molecule has 1 heterocycles. The summed E-state index contributed by atoms with van der Waals surface area (Å²) in [4.78, 5) is 18.2. The number of hydrogen-bond donors (Lipinski definition) is 1. The first-order valence-corrected chi connectivity index (χ1v) is 7.07. The lowest BCUT2D eigenvalue weighted by Gasteiger charge is -2.24. The second-order valence-corrected chi connectivity index (χ2v) is 4.85.